The molecule has 0 fully saturated rings. The van der Waals surface area contributed by atoms with Crippen molar-refractivity contribution in [3.05, 3.63) is 29.8 Å². The molecular formula is C12H17NO4S. The minimum Gasteiger partial charge on any atom is -0.496 e. The van der Waals surface area contributed by atoms with Crippen molar-refractivity contribution in [2.45, 2.75) is 19.3 Å². The molecule has 0 saturated heterocycles. The van der Waals surface area contributed by atoms with Crippen molar-refractivity contribution >= 4 is 15.9 Å². The number of ether oxygens (including phenoxy) is 1. The highest BCUT2D eigenvalue weighted by Gasteiger charge is 2.16. The first-order valence-corrected chi connectivity index (χ1v) is 7.36. The minimum atomic E-state index is -3.50. The number of carbonyl (C=O) groups excluding carboxylic acids is 1. The average molecular weight is 271 g/mol. The summed E-state index contributed by atoms with van der Waals surface area (Å²) in [5.41, 5.74) is 0.878. The van der Waals surface area contributed by atoms with E-state index in [1.54, 1.807) is 13.2 Å². The lowest BCUT2D eigenvalue weighted by molar-refractivity contribution is -0.119. The van der Waals surface area contributed by atoms with Crippen LogP contribution in [0.5, 0.6) is 5.75 Å². The van der Waals surface area contributed by atoms with Crippen molar-refractivity contribution < 1.29 is 17.9 Å². The topological polar surface area (TPSA) is 72.5 Å². The van der Waals surface area contributed by atoms with Gasteiger partial charge in [-0.25, -0.2) is 8.42 Å². The lowest BCUT2D eigenvalue weighted by atomic mass is 9.97. The molecule has 6 heteroatoms. The standard InChI is InChI=1S/C12H17NO4S/c1-9(8-12(14)13-18(3,15)16)10-6-4-5-7-11(10)17-2/h4-7,9H,8H2,1-3H3,(H,13,14)/t9-/m0/s1. The van der Waals surface area contributed by atoms with E-state index >= 15 is 0 Å². The lowest BCUT2D eigenvalue weighted by Crippen LogP contribution is -2.30. The van der Waals surface area contributed by atoms with E-state index in [9.17, 15) is 13.2 Å². The Morgan fingerprint density at radius 3 is 2.56 bits per heavy atom. The molecule has 5 nitrogen and oxygen atoms in total. The summed E-state index contributed by atoms with van der Waals surface area (Å²) in [6, 6.07) is 7.35. The quantitative estimate of drug-likeness (QED) is 0.875. The third-order valence-electron chi connectivity index (χ3n) is 2.46. The average Bonchev–Trinajstić information content (AvgIpc) is 2.26. The lowest BCUT2D eigenvalue weighted by Gasteiger charge is -2.14. The highest BCUT2D eigenvalue weighted by atomic mass is 32.2. The second-order valence-corrected chi connectivity index (χ2v) is 5.89. The second kappa shape index (κ2) is 5.86. The summed E-state index contributed by atoms with van der Waals surface area (Å²) >= 11 is 0. The summed E-state index contributed by atoms with van der Waals surface area (Å²) in [6.07, 6.45) is 1.05. The maximum atomic E-state index is 11.5. The molecule has 0 aromatic heterocycles. The van der Waals surface area contributed by atoms with Gasteiger partial charge in [-0.05, 0) is 17.5 Å². The van der Waals surface area contributed by atoms with E-state index < -0.39 is 15.9 Å². The van der Waals surface area contributed by atoms with Gasteiger partial charge in [-0.15, -0.1) is 0 Å². The summed E-state index contributed by atoms with van der Waals surface area (Å²) in [7, 11) is -1.94. The van der Waals surface area contributed by atoms with Crippen molar-refractivity contribution in [1.82, 2.24) is 4.72 Å². The van der Waals surface area contributed by atoms with Gasteiger partial charge in [-0.1, -0.05) is 25.1 Å². The molecule has 1 rings (SSSR count). The van der Waals surface area contributed by atoms with Gasteiger partial charge < -0.3 is 4.74 Å². The Morgan fingerprint density at radius 2 is 2.00 bits per heavy atom. The number of para-hydroxylation sites is 1. The summed E-state index contributed by atoms with van der Waals surface area (Å²) in [5.74, 6) is 0.0518. The maximum Gasteiger partial charge on any atom is 0.234 e. The molecule has 18 heavy (non-hydrogen) atoms. The van der Waals surface area contributed by atoms with Crippen LogP contribution >= 0.6 is 0 Å². The predicted molar refractivity (Wildman–Crippen MR) is 69.0 cm³/mol. The van der Waals surface area contributed by atoms with Gasteiger partial charge in [0.1, 0.15) is 5.75 Å². The molecule has 0 radical (unpaired) electrons. The van der Waals surface area contributed by atoms with Gasteiger partial charge in [0.25, 0.3) is 0 Å². The van der Waals surface area contributed by atoms with Crippen LogP contribution in [0.3, 0.4) is 0 Å². The second-order valence-electron chi connectivity index (χ2n) is 4.14. The Hall–Kier alpha value is -1.56. The normalized spacial score (nSPS) is 12.8. The van der Waals surface area contributed by atoms with Crippen molar-refractivity contribution in [1.29, 1.82) is 0 Å². The predicted octanol–water partition coefficient (Wildman–Crippen LogP) is 1.26. The number of carbonyl (C=O) groups is 1. The molecule has 0 aliphatic carbocycles. The van der Waals surface area contributed by atoms with Gasteiger partial charge in [-0.3, -0.25) is 9.52 Å². The van der Waals surface area contributed by atoms with Crippen LogP contribution in [-0.2, 0) is 14.8 Å². The monoisotopic (exact) mass is 271 g/mol. The largest absolute Gasteiger partial charge is 0.496 e. The van der Waals surface area contributed by atoms with Crippen LogP contribution in [0.2, 0.25) is 0 Å². The Balaban J connectivity index is 2.76. The van der Waals surface area contributed by atoms with Gasteiger partial charge >= 0.3 is 0 Å². The van der Waals surface area contributed by atoms with Crippen LogP contribution < -0.4 is 9.46 Å². The zero-order valence-corrected chi connectivity index (χ0v) is 11.5. The van der Waals surface area contributed by atoms with E-state index in [-0.39, 0.29) is 12.3 Å². The molecule has 0 aliphatic heterocycles. The van der Waals surface area contributed by atoms with Gasteiger partial charge in [0.2, 0.25) is 15.9 Å². The molecule has 0 saturated carbocycles. The van der Waals surface area contributed by atoms with Crippen molar-refractivity contribution in [2.75, 3.05) is 13.4 Å². The fraction of sp³-hybridized carbons (Fsp3) is 0.417. The maximum absolute atomic E-state index is 11.5. The molecule has 0 bridgehead atoms. The zero-order valence-electron chi connectivity index (χ0n) is 10.6. The molecule has 1 aromatic rings. The molecule has 0 spiro atoms. The highest BCUT2D eigenvalue weighted by molar-refractivity contribution is 7.89. The van der Waals surface area contributed by atoms with Crippen LogP contribution in [0.15, 0.2) is 24.3 Å². The number of benzene rings is 1. The Morgan fingerprint density at radius 1 is 1.39 bits per heavy atom. The van der Waals surface area contributed by atoms with Crippen LogP contribution in [0.4, 0.5) is 0 Å². The molecular weight excluding hydrogens is 254 g/mol. The van der Waals surface area contributed by atoms with E-state index in [0.717, 1.165) is 11.8 Å². The van der Waals surface area contributed by atoms with Gasteiger partial charge in [0.15, 0.2) is 0 Å². The molecule has 1 amide bonds. The number of amides is 1. The molecule has 1 aromatic carbocycles. The first kappa shape index (κ1) is 14.5. The van der Waals surface area contributed by atoms with Gasteiger partial charge in [-0.2, -0.15) is 0 Å². The summed E-state index contributed by atoms with van der Waals surface area (Å²) in [4.78, 5) is 11.5. The van der Waals surface area contributed by atoms with E-state index in [1.807, 2.05) is 29.8 Å². The molecule has 0 unspecified atom stereocenters. The Bertz CT molecular complexity index is 525. The Labute approximate surface area is 107 Å². The number of hydrogen-bond donors (Lipinski definition) is 1. The molecule has 1 atom stereocenters. The van der Waals surface area contributed by atoms with Crippen molar-refractivity contribution in [3.8, 4) is 5.75 Å². The third-order valence-corrected chi connectivity index (χ3v) is 3.06. The van der Waals surface area contributed by atoms with Crippen LogP contribution in [0, 0.1) is 0 Å². The van der Waals surface area contributed by atoms with E-state index in [4.69, 9.17) is 4.74 Å². The summed E-state index contributed by atoms with van der Waals surface area (Å²) in [6.45, 7) is 1.85. The fourth-order valence-electron chi connectivity index (χ4n) is 1.71. The minimum absolute atomic E-state index is 0.0907. The van der Waals surface area contributed by atoms with Crippen LogP contribution in [0.25, 0.3) is 0 Å². The molecule has 0 heterocycles. The van der Waals surface area contributed by atoms with Crippen molar-refractivity contribution in [3.63, 3.8) is 0 Å². The van der Waals surface area contributed by atoms with Gasteiger partial charge in [0, 0.05) is 6.42 Å². The van der Waals surface area contributed by atoms with Crippen LogP contribution in [-0.4, -0.2) is 27.7 Å². The SMILES string of the molecule is COc1ccccc1[C@@H](C)CC(=O)NS(C)(=O)=O. The zero-order chi connectivity index (χ0) is 13.8. The Kier molecular flexibility index (Phi) is 4.72. The molecule has 100 valence electrons. The number of rotatable bonds is 5. The van der Waals surface area contributed by atoms with Crippen molar-refractivity contribution in [2.24, 2.45) is 0 Å². The summed E-state index contributed by atoms with van der Waals surface area (Å²) in [5, 5.41) is 0. The fourth-order valence-corrected chi connectivity index (χ4v) is 2.21. The number of nitrogens with one attached hydrogen (secondary N) is 1. The first-order chi connectivity index (χ1) is 8.33. The molecule has 0 aliphatic rings. The number of sulfonamides is 1. The van der Waals surface area contributed by atoms with E-state index in [2.05, 4.69) is 0 Å². The summed E-state index contributed by atoms with van der Waals surface area (Å²) < 4.78 is 29.0. The smallest absolute Gasteiger partial charge is 0.234 e. The van der Waals surface area contributed by atoms with Gasteiger partial charge in [0.05, 0.1) is 13.4 Å². The van der Waals surface area contributed by atoms with E-state index in [1.165, 1.54) is 0 Å². The first-order valence-electron chi connectivity index (χ1n) is 5.47. The molecule has 1 N–H and O–H groups in total. The highest BCUT2D eigenvalue weighted by Crippen LogP contribution is 2.28. The number of hydrogen-bond acceptors (Lipinski definition) is 4. The number of methoxy groups -OCH3 is 1. The van der Waals surface area contributed by atoms with E-state index in [0.29, 0.717) is 5.75 Å². The third kappa shape index (κ3) is 4.37. The van der Waals surface area contributed by atoms with Crippen LogP contribution in [0.1, 0.15) is 24.8 Å².